The van der Waals surface area contributed by atoms with Gasteiger partial charge in [0.25, 0.3) is 0 Å². The number of nitrogens with one attached hydrogen (secondary N) is 1. The summed E-state index contributed by atoms with van der Waals surface area (Å²) in [6.45, 7) is 2.58. The molecule has 3 fully saturated rings. The smallest absolute Gasteiger partial charge is 0.277 e. The molecule has 2 aliphatic carbocycles. The van der Waals surface area contributed by atoms with E-state index in [0.29, 0.717) is 31.2 Å². The van der Waals surface area contributed by atoms with Crippen LogP contribution in [-0.4, -0.2) is 29.3 Å². The number of urea groups is 1. The zero-order valence-electron chi connectivity index (χ0n) is 9.16. The van der Waals surface area contributed by atoms with Gasteiger partial charge in [0, 0.05) is 6.54 Å². The molecule has 1 aliphatic heterocycles. The fraction of sp³-hybridized carbons (Fsp3) is 0.727. The van der Waals surface area contributed by atoms with E-state index in [9.17, 15) is 14.4 Å². The highest BCUT2D eigenvalue weighted by Gasteiger charge is 2.62. The molecule has 2 unspecified atom stereocenters. The van der Waals surface area contributed by atoms with Crippen molar-refractivity contribution in [2.24, 2.45) is 17.3 Å². The highest BCUT2D eigenvalue weighted by molar-refractivity contribution is 6.20. The molecule has 0 aromatic heterocycles. The molecule has 2 atom stereocenters. The van der Waals surface area contributed by atoms with Crippen LogP contribution in [0.2, 0.25) is 0 Å². The minimum absolute atomic E-state index is 0.277. The largest absolute Gasteiger partial charge is 0.330 e. The Morgan fingerprint density at radius 1 is 1.38 bits per heavy atom. The molecule has 3 aliphatic rings. The molecule has 1 heterocycles. The number of carbonyl (C=O) groups is 3. The van der Waals surface area contributed by atoms with Gasteiger partial charge in [-0.3, -0.25) is 19.8 Å². The van der Waals surface area contributed by atoms with E-state index in [1.54, 1.807) is 0 Å². The lowest BCUT2D eigenvalue weighted by Gasteiger charge is -2.30. The first-order valence-electron chi connectivity index (χ1n) is 5.72. The molecule has 0 bridgehead atoms. The Bertz CT molecular complexity index is 400. The summed E-state index contributed by atoms with van der Waals surface area (Å²) in [5.41, 5.74) is -0.883. The third-order valence-electron chi connectivity index (χ3n) is 4.00. The number of hydrogen-bond donors (Lipinski definition) is 1. The van der Waals surface area contributed by atoms with Gasteiger partial charge in [-0.2, -0.15) is 0 Å². The Balaban J connectivity index is 1.79. The van der Waals surface area contributed by atoms with Crippen molar-refractivity contribution in [1.29, 1.82) is 0 Å². The number of amides is 4. The standard InChI is InChI=1S/C11H14N2O3/c1-6-4-7(6)5-13-9(15)11(2-3-11)8(14)12-10(13)16/h6-7H,2-5H2,1H3,(H,12,14,16). The highest BCUT2D eigenvalue weighted by Crippen LogP contribution is 2.49. The van der Waals surface area contributed by atoms with E-state index in [4.69, 9.17) is 0 Å². The van der Waals surface area contributed by atoms with Crippen LogP contribution in [0.15, 0.2) is 0 Å². The van der Waals surface area contributed by atoms with Gasteiger partial charge in [-0.15, -0.1) is 0 Å². The van der Waals surface area contributed by atoms with Gasteiger partial charge in [-0.1, -0.05) is 6.92 Å². The van der Waals surface area contributed by atoms with Gasteiger partial charge in [-0.05, 0) is 31.1 Å². The number of carbonyl (C=O) groups excluding carboxylic acids is 3. The lowest BCUT2D eigenvalue weighted by atomic mass is 10.0. The van der Waals surface area contributed by atoms with Crippen LogP contribution < -0.4 is 5.32 Å². The van der Waals surface area contributed by atoms with Crippen molar-refractivity contribution in [1.82, 2.24) is 10.2 Å². The maximum absolute atomic E-state index is 12.0. The SMILES string of the molecule is CC1CC1CN1C(=O)NC(=O)C2(CC2)C1=O. The first kappa shape index (κ1) is 9.81. The lowest BCUT2D eigenvalue weighted by molar-refractivity contribution is -0.144. The molecule has 2 saturated carbocycles. The van der Waals surface area contributed by atoms with Crippen LogP contribution in [0.25, 0.3) is 0 Å². The summed E-state index contributed by atoms with van der Waals surface area (Å²) in [5, 5.41) is 2.29. The summed E-state index contributed by atoms with van der Waals surface area (Å²) in [6, 6.07) is -0.536. The van der Waals surface area contributed by atoms with E-state index in [2.05, 4.69) is 12.2 Å². The molecule has 4 amide bonds. The maximum Gasteiger partial charge on any atom is 0.330 e. The zero-order valence-corrected chi connectivity index (χ0v) is 9.16. The molecule has 1 N–H and O–H groups in total. The fourth-order valence-electron chi connectivity index (χ4n) is 2.35. The predicted octanol–water partition coefficient (Wildman–Crippen LogP) is 0.501. The quantitative estimate of drug-likeness (QED) is 0.692. The van der Waals surface area contributed by atoms with E-state index in [1.807, 2.05) is 0 Å². The summed E-state index contributed by atoms with van der Waals surface area (Å²) >= 11 is 0. The molecule has 3 rings (SSSR count). The summed E-state index contributed by atoms with van der Waals surface area (Å²) in [6.07, 6.45) is 2.24. The Labute approximate surface area is 93.2 Å². The first-order chi connectivity index (χ1) is 7.54. The van der Waals surface area contributed by atoms with Crippen molar-refractivity contribution < 1.29 is 14.4 Å². The normalized spacial score (nSPS) is 35.3. The zero-order chi connectivity index (χ0) is 11.5. The summed E-state index contributed by atoms with van der Waals surface area (Å²) in [7, 11) is 0. The Hall–Kier alpha value is -1.39. The third-order valence-corrected chi connectivity index (χ3v) is 4.00. The number of hydrogen-bond acceptors (Lipinski definition) is 3. The van der Waals surface area contributed by atoms with Crippen LogP contribution >= 0.6 is 0 Å². The van der Waals surface area contributed by atoms with Crippen LogP contribution in [0.3, 0.4) is 0 Å². The second-order valence-electron chi connectivity index (χ2n) is 5.23. The molecule has 0 radical (unpaired) electrons. The van der Waals surface area contributed by atoms with Crippen molar-refractivity contribution in [2.75, 3.05) is 6.54 Å². The molecule has 1 saturated heterocycles. The maximum atomic E-state index is 12.0. The molecule has 1 spiro atoms. The fourth-order valence-corrected chi connectivity index (χ4v) is 2.35. The number of barbiturate groups is 1. The van der Waals surface area contributed by atoms with E-state index in [1.165, 1.54) is 4.90 Å². The molecular formula is C11H14N2O3. The molecular weight excluding hydrogens is 208 g/mol. The molecule has 16 heavy (non-hydrogen) atoms. The van der Waals surface area contributed by atoms with Crippen LogP contribution in [-0.2, 0) is 9.59 Å². The lowest BCUT2D eigenvalue weighted by Crippen LogP contribution is -2.59. The molecule has 0 aromatic carbocycles. The first-order valence-corrected chi connectivity index (χ1v) is 5.72. The Morgan fingerprint density at radius 3 is 2.50 bits per heavy atom. The topological polar surface area (TPSA) is 66.5 Å². The third kappa shape index (κ3) is 1.20. The molecule has 5 nitrogen and oxygen atoms in total. The van der Waals surface area contributed by atoms with Gasteiger partial charge in [-0.25, -0.2) is 4.79 Å². The van der Waals surface area contributed by atoms with Crippen molar-refractivity contribution in [2.45, 2.75) is 26.2 Å². The number of rotatable bonds is 2. The van der Waals surface area contributed by atoms with Crippen LogP contribution in [0.4, 0.5) is 4.79 Å². The van der Waals surface area contributed by atoms with E-state index in [-0.39, 0.29) is 5.91 Å². The monoisotopic (exact) mass is 222 g/mol. The highest BCUT2D eigenvalue weighted by atomic mass is 16.2. The van der Waals surface area contributed by atoms with Gasteiger partial charge in [0.2, 0.25) is 11.8 Å². The van der Waals surface area contributed by atoms with Crippen molar-refractivity contribution in [3.63, 3.8) is 0 Å². The Morgan fingerprint density at radius 2 is 2.00 bits per heavy atom. The predicted molar refractivity (Wildman–Crippen MR) is 54.2 cm³/mol. The molecule has 5 heteroatoms. The summed E-state index contributed by atoms with van der Waals surface area (Å²) in [5.74, 6) is 0.343. The van der Waals surface area contributed by atoms with Gasteiger partial charge >= 0.3 is 6.03 Å². The van der Waals surface area contributed by atoms with Gasteiger partial charge < -0.3 is 0 Å². The van der Waals surface area contributed by atoms with Crippen LogP contribution in [0, 0.1) is 17.3 Å². The number of imide groups is 2. The van der Waals surface area contributed by atoms with Gasteiger partial charge in [0.1, 0.15) is 5.41 Å². The second kappa shape index (κ2) is 2.84. The van der Waals surface area contributed by atoms with Gasteiger partial charge in [0.15, 0.2) is 0 Å². The van der Waals surface area contributed by atoms with E-state index >= 15 is 0 Å². The average molecular weight is 222 g/mol. The number of nitrogens with zero attached hydrogens (tertiary/aromatic N) is 1. The van der Waals surface area contributed by atoms with Crippen molar-refractivity contribution >= 4 is 17.8 Å². The summed E-state index contributed by atoms with van der Waals surface area (Å²) < 4.78 is 0. The Kier molecular flexibility index (Phi) is 1.74. The minimum Gasteiger partial charge on any atom is -0.277 e. The van der Waals surface area contributed by atoms with E-state index < -0.39 is 17.4 Å². The summed E-state index contributed by atoms with van der Waals surface area (Å²) in [4.78, 5) is 36.4. The van der Waals surface area contributed by atoms with Gasteiger partial charge in [0.05, 0.1) is 0 Å². The average Bonchev–Trinajstić information content (AvgIpc) is 3.08. The van der Waals surface area contributed by atoms with Crippen LogP contribution in [0.5, 0.6) is 0 Å². The molecule has 86 valence electrons. The second-order valence-corrected chi connectivity index (χ2v) is 5.23. The van der Waals surface area contributed by atoms with Crippen molar-refractivity contribution in [3.05, 3.63) is 0 Å². The minimum atomic E-state index is -0.883. The van der Waals surface area contributed by atoms with Crippen molar-refractivity contribution in [3.8, 4) is 0 Å². The molecule has 0 aromatic rings. The van der Waals surface area contributed by atoms with E-state index in [0.717, 1.165) is 6.42 Å². The van der Waals surface area contributed by atoms with Crippen LogP contribution in [0.1, 0.15) is 26.2 Å².